The van der Waals surface area contributed by atoms with Gasteiger partial charge in [-0.05, 0) is 17.7 Å². The monoisotopic (exact) mass is 252 g/mol. The number of carbonyl (C=O) groups is 2. The lowest BCUT2D eigenvalue weighted by Gasteiger charge is -2.16. The van der Waals surface area contributed by atoms with Crippen molar-refractivity contribution in [1.82, 2.24) is 5.32 Å². The Hall–Kier alpha value is -2.08. The molecule has 3 N–H and O–H groups in total. The van der Waals surface area contributed by atoms with E-state index in [9.17, 15) is 9.59 Å². The third kappa shape index (κ3) is 3.74. The molecule has 0 aromatic heterocycles. The van der Waals surface area contributed by atoms with Crippen LogP contribution in [0.2, 0.25) is 0 Å². The van der Waals surface area contributed by atoms with Gasteiger partial charge in [0, 0.05) is 19.8 Å². The zero-order chi connectivity index (χ0) is 13.7. The number of nitrogens with one attached hydrogen (secondary N) is 1. The summed E-state index contributed by atoms with van der Waals surface area (Å²) < 4.78 is 0. The minimum Gasteiger partial charge on any atom is -0.480 e. The molecule has 0 bridgehead atoms. The maximum Gasteiger partial charge on any atom is 0.325 e. The number of hydrogen-bond donors (Lipinski definition) is 3. The van der Waals surface area contributed by atoms with Gasteiger partial charge >= 0.3 is 11.9 Å². The van der Waals surface area contributed by atoms with Crippen LogP contribution in [0.15, 0.2) is 24.3 Å². The topological polar surface area (TPSA) is 89.9 Å². The van der Waals surface area contributed by atoms with Gasteiger partial charge in [0.15, 0.2) is 0 Å². The van der Waals surface area contributed by atoms with Gasteiger partial charge in [0.05, 0.1) is 6.54 Å². The van der Waals surface area contributed by atoms with E-state index in [4.69, 9.17) is 10.2 Å². The predicted molar refractivity (Wildman–Crippen MR) is 66.8 cm³/mol. The highest BCUT2D eigenvalue weighted by Gasteiger charge is 2.19. The van der Waals surface area contributed by atoms with Crippen LogP contribution < -0.4 is 10.2 Å². The Morgan fingerprint density at radius 3 is 2.17 bits per heavy atom. The molecule has 0 aliphatic heterocycles. The summed E-state index contributed by atoms with van der Waals surface area (Å²) >= 11 is 0. The lowest BCUT2D eigenvalue weighted by Crippen LogP contribution is -2.32. The quantitative estimate of drug-likeness (QED) is 0.685. The lowest BCUT2D eigenvalue weighted by molar-refractivity contribution is -0.140. The van der Waals surface area contributed by atoms with Crippen LogP contribution in [0.25, 0.3) is 0 Å². The van der Waals surface area contributed by atoms with Gasteiger partial charge in [0.1, 0.15) is 6.04 Å². The zero-order valence-corrected chi connectivity index (χ0v) is 10.3. The number of benzene rings is 1. The number of rotatable bonds is 6. The van der Waals surface area contributed by atoms with E-state index in [-0.39, 0.29) is 0 Å². The van der Waals surface area contributed by atoms with Crippen molar-refractivity contribution >= 4 is 17.6 Å². The van der Waals surface area contributed by atoms with Gasteiger partial charge in [-0.25, -0.2) is 0 Å². The van der Waals surface area contributed by atoms with Crippen molar-refractivity contribution in [2.75, 3.05) is 25.5 Å². The first kappa shape index (κ1) is 14.0. The number of hydrogen-bond acceptors (Lipinski definition) is 4. The fourth-order valence-electron chi connectivity index (χ4n) is 1.50. The van der Waals surface area contributed by atoms with Crippen molar-refractivity contribution in [3.63, 3.8) is 0 Å². The number of carboxylic acids is 2. The molecule has 1 unspecified atom stereocenters. The number of anilines is 1. The molecule has 1 atom stereocenters. The van der Waals surface area contributed by atoms with E-state index in [0.717, 1.165) is 5.69 Å². The molecular weight excluding hydrogens is 236 g/mol. The van der Waals surface area contributed by atoms with Gasteiger partial charge in [-0.15, -0.1) is 0 Å². The lowest BCUT2D eigenvalue weighted by atomic mass is 10.1. The van der Waals surface area contributed by atoms with Crippen LogP contribution in [0, 0.1) is 0 Å². The summed E-state index contributed by atoms with van der Waals surface area (Å²) in [6, 6.07) is 5.89. The highest BCUT2D eigenvalue weighted by atomic mass is 16.4. The standard InChI is InChI=1S/C12H16N2O4/c1-14(2)9-5-3-8(4-6-9)11(12(17)18)13-7-10(15)16/h3-6,11,13H,7H2,1-2H3,(H,15,16)(H,17,18). The van der Waals surface area contributed by atoms with Crippen molar-refractivity contribution in [3.05, 3.63) is 29.8 Å². The summed E-state index contributed by atoms with van der Waals surface area (Å²) in [5.41, 5.74) is 1.47. The molecule has 0 aliphatic rings. The van der Waals surface area contributed by atoms with Crippen LogP contribution in [-0.2, 0) is 9.59 Å². The highest BCUT2D eigenvalue weighted by molar-refractivity contribution is 5.77. The second-order valence-electron chi connectivity index (χ2n) is 4.03. The van der Waals surface area contributed by atoms with Crippen LogP contribution in [-0.4, -0.2) is 42.8 Å². The zero-order valence-electron chi connectivity index (χ0n) is 10.3. The number of nitrogens with zero attached hydrogens (tertiary/aromatic N) is 1. The average Bonchev–Trinajstić information content (AvgIpc) is 2.29. The Kier molecular flexibility index (Phi) is 4.67. The third-order valence-electron chi connectivity index (χ3n) is 2.45. The molecule has 0 amide bonds. The summed E-state index contributed by atoms with van der Waals surface area (Å²) in [6.07, 6.45) is 0. The second kappa shape index (κ2) is 6.02. The van der Waals surface area contributed by atoms with E-state index in [1.165, 1.54) is 0 Å². The van der Waals surface area contributed by atoms with E-state index in [2.05, 4.69) is 5.32 Å². The molecule has 0 heterocycles. The van der Waals surface area contributed by atoms with E-state index < -0.39 is 24.5 Å². The molecule has 0 saturated heterocycles. The molecule has 0 fully saturated rings. The molecule has 1 aromatic carbocycles. The molecule has 18 heavy (non-hydrogen) atoms. The molecule has 0 radical (unpaired) electrons. The molecule has 1 rings (SSSR count). The average molecular weight is 252 g/mol. The normalized spacial score (nSPS) is 11.9. The van der Waals surface area contributed by atoms with Gasteiger partial charge in [0.2, 0.25) is 0 Å². The van der Waals surface area contributed by atoms with E-state index in [1.54, 1.807) is 24.3 Å². The van der Waals surface area contributed by atoms with Crippen LogP contribution in [0.5, 0.6) is 0 Å². The van der Waals surface area contributed by atoms with Gasteiger partial charge in [-0.2, -0.15) is 0 Å². The first-order valence-corrected chi connectivity index (χ1v) is 5.37. The Labute approximate surface area is 105 Å². The van der Waals surface area contributed by atoms with Gasteiger partial charge in [0.25, 0.3) is 0 Å². The van der Waals surface area contributed by atoms with E-state index in [0.29, 0.717) is 5.56 Å². The molecule has 6 nitrogen and oxygen atoms in total. The first-order valence-electron chi connectivity index (χ1n) is 5.37. The van der Waals surface area contributed by atoms with E-state index in [1.807, 2.05) is 19.0 Å². The SMILES string of the molecule is CN(C)c1ccc(C(NCC(=O)O)C(=O)O)cc1. The Balaban J connectivity index is 2.85. The summed E-state index contributed by atoms with van der Waals surface area (Å²) in [4.78, 5) is 23.4. The maximum absolute atomic E-state index is 11.1. The molecule has 98 valence electrons. The number of carboxylic acid groups (broad SMARTS) is 2. The predicted octanol–water partition coefficient (Wildman–Crippen LogP) is 0.552. The van der Waals surface area contributed by atoms with Crippen LogP contribution in [0.3, 0.4) is 0 Å². The van der Waals surface area contributed by atoms with Gasteiger partial charge < -0.3 is 15.1 Å². The fourth-order valence-corrected chi connectivity index (χ4v) is 1.50. The Bertz CT molecular complexity index is 428. The smallest absolute Gasteiger partial charge is 0.325 e. The van der Waals surface area contributed by atoms with Crippen molar-refractivity contribution in [2.24, 2.45) is 0 Å². The van der Waals surface area contributed by atoms with Crippen molar-refractivity contribution in [2.45, 2.75) is 6.04 Å². The second-order valence-corrected chi connectivity index (χ2v) is 4.03. The summed E-state index contributed by atoms with van der Waals surface area (Å²) in [6.45, 7) is -0.396. The van der Waals surface area contributed by atoms with Crippen molar-refractivity contribution in [3.8, 4) is 0 Å². The first-order chi connectivity index (χ1) is 8.41. The van der Waals surface area contributed by atoms with Gasteiger partial charge in [-0.1, -0.05) is 12.1 Å². The molecule has 0 spiro atoms. The van der Waals surface area contributed by atoms with Crippen LogP contribution >= 0.6 is 0 Å². The van der Waals surface area contributed by atoms with Crippen molar-refractivity contribution in [1.29, 1.82) is 0 Å². The summed E-state index contributed by atoms with van der Waals surface area (Å²) in [5, 5.41) is 20.1. The molecule has 0 aliphatic carbocycles. The van der Waals surface area contributed by atoms with Crippen LogP contribution in [0.1, 0.15) is 11.6 Å². The Morgan fingerprint density at radius 2 is 1.78 bits per heavy atom. The minimum atomic E-state index is -1.10. The molecule has 6 heteroatoms. The molecule has 0 saturated carbocycles. The van der Waals surface area contributed by atoms with Gasteiger partial charge in [-0.3, -0.25) is 14.9 Å². The molecular formula is C12H16N2O4. The largest absolute Gasteiger partial charge is 0.480 e. The van der Waals surface area contributed by atoms with Crippen LogP contribution in [0.4, 0.5) is 5.69 Å². The third-order valence-corrected chi connectivity index (χ3v) is 2.45. The van der Waals surface area contributed by atoms with Crippen molar-refractivity contribution < 1.29 is 19.8 Å². The maximum atomic E-state index is 11.1. The minimum absolute atomic E-state index is 0.396. The number of aliphatic carboxylic acids is 2. The summed E-state index contributed by atoms with van der Waals surface area (Å²) in [5.74, 6) is -2.19. The Morgan fingerprint density at radius 1 is 1.22 bits per heavy atom. The summed E-state index contributed by atoms with van der Waals surface area (Å²) in [7, 11) is 3.76. The fraction of sp³-hybridized carbons (Fsp3) is 0.333. The molecule has 1 aromatic rings. The highest BCUT2D eigenvalue weighted by Crippen LogP contribution is 2.18. The van der Waals surface area contributed by atoms with E-state index >= 15 is 0 Å².